The van der Waals surface area contributed by atoms with Crippen LogP contribution in [0.15, 0.2) is 60.7 Å². The fraction of sp³-hybridized carbons (Fsp3) is 0.240. The van der Waals surface area contributed by atoms with Crippen molar-refractivity contribution in [3.8, 4) is 22.8 Å². The average Bonchev–Trinajstić information content (AvgIpc) is 2.87. The Labute approximate surface area is 210 Å². The van der Waals surface area contributed by atoms with Crippen molar-refractivity contribution in [1.29, 1.82) is 0 Å². The third-order valence-corrected chi connectivity index (χ3v) is 5.46. The van der Waals surface area contributed by atoms with Gasteiger partial charge in [0, 0.05) is 12.7 Å². The zero-order valence-corrected chi connectivity index (χ0v) is 19.8. The number of amides is 3. The summed E-state index contributed by atoms with van der Waals surface area (Å²) in [5.41, 5.74) is 2.14. The van der Waals surface area contributed by atoms with E-state index >= 15 is 0 Å². The number of benzene rings is 2. The Balaban J connectivity index is 1.59. The van der Waals surface area contributed by atoms with Crippen molar-refractivity contribution in [2.45, 2.75) is 12.4 Å². The zero-order chi connectivity index (χ0) is 26.6. The maximum atomic E-state index is 13.3. The Hall–Kier alpha value is -4.32. The number of hydrogen-bond donors (Lipinski definition) is 2. The van der Waals surface area contributed by atoms with E-state index in [1.807, 2.05) is 12.1 Å². The molecule has 9 nitrogen and oxygen atoms in total. The molecule has 1 aliphatic rings. The molecule has 1 aromatic heterocycles. The lowest BCUT2D eigenvalue weighted by Gasteiger charge is -2.30. The molecule has 0 saturated heterocycles. The maximum Gasteiger partial charge on any atom is 0.573 e. The molecule has 2 heterocycles. The van der Waals surface area contributed by atoms with Gasteiger partial charge >= 0.3 is 12.4 Å². The van der Waals surface area contributed by atoms with E-state index in [4.69, 9.17) is 9.47 Å². The minimum absolute atomic E-state index is 0.0232. The Morgan fingerprint density at radius 1 is 1.11 bits per heavy atom. The number of fused-ring (bicyclic) bond motifs is 1. The second-order valence-corrected chi connectivity index (χ2v) is 8.01. The topological polar surface area (TPSA) is 102 Å². The number of nitrogens with zero attached hydrogens (tertiary/aromatic N) is 2. The first kappa shape index (κ1) is 25.8. The summed E-state index contributed by atoms with van der Waals surface area (Å²) in [6.07, 6.45) is -4.82. The van der Waals surface area contributed by atoms with Crippen LogP contribution in [0.2, 0.25) is 0 Å². The summed E-state index contributed by atoms with van der Waals surface area (Å²) in [6, 6.07) is 14.3. The molecule has 0 aliphatic carbocycles. The Morgan fingerprint density at radius 2 is 1.86 bits per heavy atom. The lowest BCUT2D eigenvalue weighted by atomic mass is 10.1. The molecule has 1 unspecified atom stereocenters. The zero-order valence-electron chi connectivity index (χ0n) is 19.8. The summed E-state index contributed by atoms with van der Waals surface area (Å²) in [5, 5.41) is 5.47. The van der Waals surface area contributed by atoms with Crippen molar-refractivity contribution in [2.24, 2.45) is 0 Å². The molecule has 0 radical (unpaired) electrons. The van der Waals surface area contributed by atoms with Gasteiger partial charge in [0.2, 0.25) is 5.91 Å². The third-order valence-electron chi connectivity index (χ3n) is 5.46. The van der Waals surface area contributed by atoms with E-state index in [2.05, 4.69) is 20.4 Å². The first-order valence-corrected chi connectivity index (χ1v) is 11.0. The maximum absolute atomic E-state index is 13.3. The van der Waals surface area contributed by atoms with Gasteiger partial charge in [-0.3, -0.25) is 9.69 Å². The lowest BCUT2D eigenvalue weighted by Crippen LogP contribution is -2.49. The predicted molar refractivity (Wildman–Crippen MR) is 128 cm³/mol. The van der Waals surface area contributed by atoms with Gasteiger partial charge in [-0.2, -0.15) is 0 Å². The van der Waals surface area contributed by atoms with Gasteiger partial charge in [-0.1, -0.05) is 24.3 Å². The first-order valence-electron chi connectivity index (χ1n) is 11.0. The van der Waals surface area contributed by atoms with Crippen molar-refractivity contribution < 1.29 is 37.0 Å². The SMILES string of the molecule is COCC(NC(=O)N1CC(=O)Nc2ccc(-c3cccc(OC)c3)nc21)c1ccc(OC(F)(F)F)cc1. The quantitative estimate of drug-likeness (QED) is 0.479. The minimum Gasteiger partial charge on any atom is -0.497 e. The van der Waals surface area contributed by atoms with Gasteiger partial charge in [0.15, 0.2) is 5.82 Å². The molecule has 0 fully saturated rings. The van der Waals surface area contributed by atoms with Gasteiger partial charge in [0.1, 0.15) is 18.0 Å². The van der Waals surface area contributed by atoms with Crippen molar-refractivity contribution >= 4 is 23.4 Å². The summed E-state index contributed by atoms with van der Waals surface area (Å²) in [6.45, 7) is -0.263. The van der Waals surface area contributed by atoms with E-state index in [0.29, 0.717) is 22.7 Å². The number of pyridine rings is 1. The van der Waals surface area contributed by atoms with Crippen molar-refractivity contribution in [3.63, 3.8) is 0 Å². The average molecular weight is 516 g/mol. The summed E-state index contributed by atoms with van der Waals surface area (Å²) >= 11 is 0. The van der Waals surface area contributed by atoms with Crippen molar-refractivity contribution in [1.82, 2.24) is 10.3 Å². The molecule has 4 rings (SSSR count). The van der Waals surface area contributed by atoms with E-state index in [9.17, 15) is 22.8 Å². The van der Waals surface area contributed by atoms with Gasteiger partial charge in [-0.05, 0) is 42.0 Å². The van der Waals surface area contributed by atoms with Crippen LogP contribution in [0.5, 0.6) is 11.5 Å². The number of alkyl halides is 3. The smallest absolute Gasteiger partial charge is 0.497 e. The molecule has 2 aromatic carbocycles. The standard InChI is InChI=1S/C25H23F3N4O5/c1-35-14-21(15-6-8-17(9-7-15)37-25(26,27)28)31-24(34)32-13-22(33)29-20-11-10-19(30-23(20)32)16-4-3-5-18(12-16)36-2/h3-12,21H,13-14H2,1-2H3,(H,29,33)(H,31,34). The second kappa shape index (κ2) is 10.7. The molecule has 2 N–H and O–H groups in total. The number of aromatic nitrogens is 1. The number of ether oxygens (including phenoxy) is 3. The molecular weight excluding hydrogens is 493 g/mol. The van der Waals surface area contributed by atoms with Gasteiger partial charge < -0.3 is 24.8 Å². The van der Waals surface area contributed by atoms with Gasteiger partial charge in [0.05, 0.1) is 31.1 Å². The number of halogens is 3. The number of methoxy groups -OCH3 is 2. The summed E-state index contributed by atoms with van der Waals surface area (Å²) in [5.74, 6) is 0.0710. The summed E-state index contributed by atoms with van der Waals surface area (Å²) in [7, 11) is 2.97. The van der Waals surface area contributed by atoms with Crippen LogP contribution < -0.4 is 25.0 Å². The largest absolute Gasteiger partial charge is 0.573 e. The monoisotopic (exact) mass is 516 g/mol. The molecule has 3 aromatic rings. The molecule has 1 aliphatic heterocycles. The van der Waals surface area contributed by atoms with Crippen LogP contribution in [-0.2, 0) is 9.53 Å². The van der Waals surface area contributed by atoms with Crippen LogP contribution in [0.25, 0.3) is 11.3 Å². The summed E-state index contributed by atoms with van der Waals surface area (Å²) in [4.78, 5) is 31.4. The number of carbonyl (C=O) groups is 2. The van der Waals surface area contributed by atoms with Crippen LogP contribution in [0.4, 0.5) is 29.5 Å². The molecule has 1 atom stereocenters. The Bertz CT molecular complexity index is 1280. The molecule has 0 saturated carbocycles. The first-order chi connectivity index (χ1) is 17.7. The molecule has 194 valence electrons. The Kier molecular flexibility index (Phi) is 7.48. The van der Waals surface area contributed by atoms with E-state index in [-0.39, 0.29) is 19.0 Å². The Morgan fingerprint density at radius 3 is 2.54 bits per heavy atom. The normalized spacial score (nSPS) is 13.9. The lowest BCUT2D eigenvalue weighted by molar-refractivity contribution is -0.274. The molecule has 37 heavy (non-hydrogen) atoms. The fourth-order valence-electron chi connectivity index (χ4n) is 3.79. The number of hydrogen-bond acceptors (Lipinski definition) is 6. The number of carbonyl (C=O) groups excluding carboxylic acids is 2. The minimum atomic E-state index is -4.82. The van der Waals surface area contributed by atoms with Crippen molar-refractivity contribution in [2.75, 3.05) is 37.6 Å². The van der Waals surface area contributed by atoms with Crippen molar-refractivity contribution in [3.05, 3.63) is 66.2 Å². The number of anilines is 2. The molecule has 0 bridgehead atoms. The van der Waals surface area contributed by atoms with Crippen LogP contribution in [0, 0.1) is 0 Å². The van der Waals surface area contributed by atoms with Gasteiger partial charge in [-0.25, -0.2) is 9.78 Å². The second-order valence-electron chi connectivity index (χ2n) is 8.01. The van der Waals surface area contributed by atoms with Crippen LogP contribution in [-0.4, -0.2) is 50.7 Å². The van der Waals surface area contributed by atoms with Crippen LogP contribution >= 0.6 is 0 Å². The summed E-state index contributed by atoms with van der Waals surface area (Å²) < 4.78 is 51.8. The van der Waals surface area contributed by atoms with Crippen LogP contribution in [0.3, 0.4) is 0 Å². The van der Waals surface area contributed by atoms with E-state index in [1.165, 1.54) is 24.1 Å². The highest BCUT2D eigenvalue weighted by Gasteiger charge is 2.32. The molecule has 3 amide bonds. The van der Waals surface area contributed by atoms with Gasteiger partial charge in [0.25, 0.3) is 0 Å². The number of nitrogens with one attached hydrogen (secondary N) is 2. The number of rotatable bonds is 7. The molecular formula is C25H23F3N4O5. The molecule has 0 spiro atoms. The highest BCUT2D eigenvalue weighted by molar-refractivity contribution is 6.08. The molecule has 12 heteroatoms. The van der Waals surface area contributed by atoms with Gasteiger partial charge in [-0.15, -0.1) is 13.2 Å². The van der Waals surface area contributed by atoms with E-state index in [1.54, 1.807) is 31.4 Å². The fourth-order valence-corrected chi connectivity index (χ4v) is 3.79. The van der Waals surface area contributed by atoms with E-state index < -0.39 is 30.1 Å². The highest BCUT2D eigenvalue weighted by atomic mass is 19.4. The number of urea groups is 1. The highest BCUT2D eigenvalue weighted by Crippen LogP contribution is 2.32. The predicted octanol–water partition coefficient (Wildman–Crippen LogP) is 4.51. The van der Waals surface area contributed by atoms with Crippen LogP contribution in [0.1, 0.15) is 11.6 Å². The van der Waals surface area contributed by atoms with E-state index in [0.717, 1.165) is 17.7 Å². The third kappa shape index (κ3) is 6.28.